The first-order chi connectivity index (χ1) is 7.40. The highest BCUT2D eigenvalue weighted by Crippen LogP contribution is 2.33. The highest BCUT2D eigenvalue weighted by molar-refractivity contribution is 4.78. The monoisotopic (exact) mass is 210 g/mol. The van der Waals surface area contributed by atoms with Crippen molar-refractivity contribution in [1.82, 2.24) is 0 Å². The average molecular weight is 210 g/mol. The maximum atomic E-state index is 6.08. The lowest BCUT2D eigenvalue weighted by molar-refractivity contribution is -0.0510. The van der Waals surface area contributed by atoms with E-state index in [1.807, 2.05) is 0 Å². The van der Waals surface area contributed by atoms with Crippen LogP contribution in [0, 0.1) is 11.8 Å². The SMILES string of the molecule is CCC1CCC(C2CCCCCC2)OC1. The lowest BCUT2D eigenvalue weighted by atomic mass is 9.86. The van der Waals surface area contributed by atoms with E-state index in [1.54, 1.807) is 0 Å². The minimum Gasteiger partial charge on any atom is -0.378 e. The topological polar surface area (TPSA) is 9.23 Å². The summed E-state index contributed by atoms with van der Waals surface area (Å²) in [7, 11) is 0. The maximum Gasteiger partial charge on any atom is 0.0603 e. The zero-order valence-electron chi connectivity index (χ0n) is 10.2. The molecule has 88 valence electrons. The lowest BCUT2D eigenvalue weighted by Gasteiger charge is -2.33. The van der Waals surface area contributed by atoms with Crippen LogP contribution in [-0.4, -0.2) is 12.7 Å². The van der Waals surface area contributed by atoms with Gasteiger partial charge in [-0.1, -0.05) is 39.0 Å². The van der Waals surface area contributed by atoms with Gasteiger partial charge in [-0.2, -0.15) is 0 Å². The largest absolute Gasteiger partial charge is 0.378 e. The number of hydrogen-bond donors (Lipinski definition) is 0. The van der Waals surface area contributed by atoms with Gasteiger partial charge in [-0.05, 0) is 37.5 Å². The molecule has 2 unspecified atom stereocenters. The van der Waals surface area contributed by atoms with E-state index in [0.29, 0.717) is 6.10 Å². The van der Waals surface area contributed by atoms with Gasteiger partial charge in [-0.15, -0.1) is 0 Å². The van der Waals surface area contributed by atoms with Crippen molar-refractivity contribution >= 4 is 0 Å². The second-order valence-corrected chi connectivity index (χ2v) is 5.48. The molecule has 0 aromatic rings. The summed E-state index contributed by atoms with van der Waals surface area (Å²) < 4.78 is 6.08. The molecular formula is C14H26O. The minimum atomic E-state index is 0.617. The molecular weight excluding hydrogens is 184 g/mol. The predicted molar refractivity (Wildman–Crippen MR) is 63.9 cm³/mol. The predicted octanol–water partition coefficient (Wildman–Crippen LogP) is 4.16. The van der Waals surface area contributed by atoms with E-state index in [-0.39, 0.29) is 0 Å². The molecule has 2 atom stereocenters. The summed E-state index contributed by atoms with van der Waals surface area (Å²) in [6.45, 7) is 3.33. The third-order valence-electron chi connectivity index (χ3n) is 4.41. The van der Waals surface area contributed by atoms with Crippen molar-refractivity contribution in [3.05, 3.63) is 0 Å². The summed E-state index contributed by atoms with van der Waals surface area (Å²) in [4.78, 5) is 0. The second kappa shape index (κ2) is 5.89. The molecule has 2 aliphatic rings. The van der Waals surface area contributed by atoms with Gasteiger partial charge in [0.15, 0.2) is 0 Å². The van der Waals surface area contributed by atoms with Crippen molar-refractivity contribution in [1.29, 1.82) is 0 Å². The molecule has 0 spiro atoms. The van der Waals surface area contributed by atoms with E-state index in [1.165, 1.54) is 57.8 Å². The average Bonchev–Trinajstić information content (AvgIpc) is 2.58. The summed E-state index contributed by atoms with van der Waals surface area (Å²) in [6.07, 6.45) is 13.3. The van der Waals surface area contributed by atoms with Gasteiger partial charge in [0.25, 0.3) is 0 Å². The van der Waals surface area contributed by atoms with Crippen molar-refractivity contribution < 1.29 is 4.74 Å². The van der Waals surface area contributed by atoms with Crippen LogP contribution in [0.1, 0.15) is 64.7 Å². The van der Waals surface area contributed by atoms with Crippen molar-refractivity contribution in [3.63, 3.8) is 0 Å². The summed E-state index contributed by atoms with van der Waals surface area (Å²) in [5.41, 5.74) is 0. The van der Waals surface area contributed by atoms with Gasteiger partial charge >= 0.3 is 0 Å². The molecule has 0 aromatic carbocycles. The van der Waals surface area contributed by atoms with Crippen LogP contribution in [0.25, 0.3) is 0 Å². The Morgan fingerprint density at radius 2 is 1.67 bits per heavy atom. The zero-order chi connectivity index (χ0) is 10.5. The first-order valence-electron chi connectivity index (χ1n) is 7.01. The molecule has 0 aromatic heterocycles. The van der Waals surface area contributed by atoms with E-state index in [0.717, 1.165) is 18.4 Å². The Kier molecular flexibility index (Phi) is 4.49. The smallest absolute Gasteiger partial charge is 0.0603 e. The van der Waals surface area contributed by atoms with E-state index in [2.05, 4.69) is 6.92 Å². The third-order valence-corrected chi connectivity index (χ3v) is 4.41. The van der Waals surface area contributed by atoms with Gasteiger partial charge in [0.05, 0.1) is 6.10 Å². The van der Waals surface area contributed by atoms with Crippen LogP contribution in [0.2, 0.25) is 0 Å². The Balaban J connectivity index is 1.78. The highest BCUT2D eigenvalue weighted by atomic mass is 16.5. The van der Waals surface area contributed by atoms with E-state index in [4.69, 9.17) is 4.74 Å². The van der Waals surface area contributed by atoms with Crippen LogP contribution in [0.15, 0.2) is 0 Å². The molecule has 15 heavy (non-hydrogen) atoms. The van der Waals surface area contributed by atoms with Crippen LogP contribution in [-0.2, 0) is 4.74 Å². The standard InChI is InChI=1S/C14H26O/c1-2-12-9-10-14(15-11-12)13-7-5-3-4-6-8-13/h12-14H,2-11H2,1H3. The molecule has 0 N–H and O–H groups in total. The van der Waals surface area contributed by atoms with Crippen molar-refractivity contribution in [2.24, 2.45) is 11.8 Å². The van der Waals surface area contributed by atoms with E-state index < -0.39 is 0 Å². The molecule has 1 nitrogen and oxygen atoms in total. The summed E-state index contributed by atoms with van der Waals surface area (Å²) in [6, 6.07) is 0. The van der Waals surface area contributed by atoms with Crippen molar-refractivity contribution in [2.45, 2.75) is 70.8 Å². The molecule has 1 saturated heterocycles. The Bertz CT molecular complexity index is 162. The van der Waals surface area contributed by atoms with E-state index in [9.17, 15) is 0 Å². The lowest BCUT2D eigenvalue weighted by Crippen LogP contribution is -2.31. The van der Waals surface area contributed by atoms with Crippen LogP contribution in [0.5, 0.6) is 0 Å². The van der Waals surface area contributed by atoms with Gasteiger partial charge < -0.3 is 4.74 Å². The highest BCUT2D eigenvalue weighted by Gasteiger charge is 2.27. The van der Waals surface area contributed by atoms with Crippen molar-refractivity contribution in [3.8, 4) is 0 Å². The first-order valence-corrected chi connectivity index (χ1v) is 7.01. The molecule has 2 fully saturated rings. The van der Waals surface area contributed by atoms with Gasteiger partial charge in [0, 0.05) is 6.61 Å². The fourth-order valence-electron chi connectivity index (χ4n) is 3.20. The third kappa shape index (κ3) is 3.21. The quantitative estimate of drug-likeness (QED) is 0.622. The molecule has 1 saturated carbocycles. The molecule has 1 aliphatic heterocycles. The number of hydrogen-bond acceptors (Lipinski definition) is 1. The van der Waals surface area contributed by atoms with Crippen LogP contribution < -0.4 is 0 Å². The Hall–Kier alpha value is -0.0400. The van der Waals surface area contributed by atoms with Gasteiger partial charge in [-0.25, -0.2) is 0 Å². The molecule has 0 bridgehead atoms. The number of rotatable bonds is 2. The Morgan fingerprint density at radius 3 is 2.20 bits per heavy atom. The fraction of sp³-hybridized carbons (Fsp3) is 1.00. The van der Waals surface area contributed by atoms with Crippen LogP contribution >= 0.6 is 0 Å². The molecule has 0 amide bonds. The molecule has 1 aliphatic carbocycles. The molecule has 1 heteroatoms. The molecule has 2 rings (SSSR count). The molecule has 1 heterocycles. The Labute approximate surface area is 94.6 Å². The van der Waals surface area contributed by atoms with Gasteiger partial charge in [0.2, 0.25) is 0 Å². The second-order valence-electron chi connectivity index (χ2n) is 5.48. The Morgan fingerprint density at radius 1 is 0.933 bits per heavy atom. The number of ether oxygens (including phenoxy) is 1. The summed E-state index contributed by atoms with van der Waals surface area (Å²) >= 11 is 0. The summed E-state index contributed by atoms with van der Waals surface area (Å²) in [5, 5.41) is 0. The maximum absolute atomic E-state index is 6.08. The zero-order valence-corrected chi connectivity index (χ0v) is 10.2. The first kappa shape index (κ1) is 11.4. The molecule has 0 radical (unpaired) electrons. The van der Waals surface area contributed by atoms with E-state index >= 15 is 0 Å². The van der Waals surface area contributed by atoms with Crippen molar-refractivity contribution in [2.75, 3.05) is 6.61 Å². The van der Waals surface area contributed by atoms with Gasteiger partial charge in [0.1, 0.15) is 0 Å². The van der Waals surface area contributed by atoms with Crippen LogP contribution in [0.3, 0.4) is 0 Å². The fourth-order valence-corrected chi connectivity index (χ4v) is 3.20. The summed E-state index contributed by atoms with van der Waals surface area (Å²) in [5.74, 6) is 1.75. The van der Waals surface area contributed by atoms with Crippen LogP contribution in [0.4, 0.5) is 0 Å². The van der Waals surface area contributed by atoms with Gasteiger partial charge in [-0.3, -0.25) is 0 Å². The minimum absolute atomic E-state index is 0.617. The normalized spacial score (nSPS) is 35.0.